The number of rotatable bonds is 7. The van der Waals surface area contributed by atoms with Gasteiger partial charge in [0, 0.05) is 5.56 Å². The molecule has 0 saturated carbocycles. The van der Waals surface area contributed by atoms with Crippen molar-refractivity contribution in [1.82, 2.24) is 5.32 Å². The summed E-state index contributed by atoms with van der Waals surface area (Å²) in [4.78, 5) is 36.0. The molecule has 0 aromatic heterocycles. The zero-order valence-corrected chi connectivity index (χ0v) is 14.3. The highest BCUT2D eigenvalue weighted by Crippen LogP contribution is 2.19. The number of amides is 2. The minimum atomic E-state index is -0.962. The fourth-order valence-corrected chi connectivity index (χ4v) is 2.74. The van der Waals surface area contributed by atoms with Crippen LogP contribution < -0.4 is 11.1 Å². The Balaban J connectivity index is 2.20. The molecule has 0 spiro atoms. The van der Waals surface area contributed by atoms with Crippen molar-refractivity contribution in [3.63, 3.8) is 0 Å². The zero-order chi connectivity index (χ0) is 18.4. The van der Waals surface area contributed by atoms with E-state index in [0.717, 1.165) is 10.8 Å². The van der Waals surface area contributed by atoms with Crippen LogP contribution in [0.15, 0.2) is 42.5 Å². The maximum Gasteiger partial charge on any atom is 0.306 e. The van der Waals surface area contributed by atoms with Crippen LogP contribution in [0.4, 0.5) is 0 Å². The Morgan fingerprint density at radius 1 is 1.12 bits per heavy atom. The Labute approximate surface area is 146 Å². The van der Waals surface area contributed by atoms with Gasteiger partial charge in [0.05, 0.1) is 13.0 Å². The van der Waals surface area contributed by atoms with Crippen LogP contribution in [-0.2, 0) is 14.3 Å². The molecule has 3 N–H and O–H groups in total. The van der Waals surface area contributed by atoms with Gasteiger partial charge in [0.15, 0.2) is 0 Å². The van der Waals surface area contributed by atoms with Crippen LogP contribution in [0, 0.1) is 5.92 Å². The van der Waals surface area contributed by atoms with Crippen LogP contribution in [-0.4, -0.2) is 30.4 Å². The highest BCUT2D eigenvalue weighted by molar-refractivity contribution is 6.08. The minimum Gasteiger partial charge on any atom is -0.466 e. The number of hydrogen-bond acceptors (Lipinski definition) is 4. The standard InChI is InChI=1S/C19H22N2O4/c1-3-25-16(22)11-12(2)17(18(20)23)21-19(24)15-10-6-8-13-7-4-5-9-14(13)15/h4-10,12,17H,3,11H2,1-2H3,(H2,20,23)(H,21,24)/t12-,17+/m1/s1. The molecule has 0 radical (unpaired) electrons. The van der Waals surface area contributed by atoms with E-state index in [4.69, 9.17) is 10.5 Å². The predicted molar refractivity (Wildman–Crippen MR) is 94.8 cm³/mol. The molecule has 2 aromatic rings. The molecule has 2 amide bonds. The number of hydrogen-bond donors (Lipinski definition) is 2. The number of esters is 1. The molecule has 2 rings (SSSR count). The topological polar surface area (TPSA) is 98.5 Å². The van der Waals surface area contributed by atoms with E-state index in [1.165, 1.54) is 0 Å². The molecule has 2 atom stereocenters. The van der Waals surface area contributed by atoms with E-state index in [2.05, 4.69) is 5.32 Å². The van der Waals surface area contributed by atoms with Gasteiger partial charge in [-0.2, -0.15) is 0 Å². The van der Waals surface area contributed by atoms with Crippen molar-refractivity contribution < 1.29 is 19.1 Å². The summed E-state index contributed by atoms with van der Waals surface area (Å²) in [5, 5.41) is 4.35. The van der Waals surface area contributed by atoms with Crippen LogP contribution in [0.25, 0.3) is 10.8 Å². The largest absolute Gasteiger partial charge is 0.466 e. The lowest BCUT2D eigenvalue weighted by Crippen LogP contribution is -2.49. The lowest BCUT2D eigenvalue weighted by atomic mass is 9.96. The van der Waals surface area contributed by atoms with E-state index in [-0.39, 0.29) is 13.0 Å². The molecule has 2 aromatic carbocycles. The van der Waals surface area contributed by atoms with E-state index >= 15 is 0 Å². The molecule has 0 bridgehead atoms. The number of nitrogens with two attached hydrogens (primary N) is 1. The second kappa shape index (κ2) is 8.28. The van der Waals surface area contributed by atoms with Crippen LogP contribution in [0.5, 0.6) is 0 Å². The van der Waals surface area contributed by atoms with Crippen LogP contribution in [0.2, 0.25) is 0 Å². The van der Waals surface area contributed by atoms with Gasteiger partial charge in [-0.3, -0.25) is 14.4 Å². The first-order chi connectivity index (χ1) is 11.9. The lowest BCUT2D eigenvalue weighted by Gasteiger charge is -2.22. The van der Waals surface area contributed by atoms with Crippen LogP contribution in [0.1, 0.15) is 30.6 Å². The lowest BCUT2D eigenvalue weighted by molar-refractivity contribution is -0.144. The summed E-state index contributed by atoms with van der Waals surface area (Å²) in [6.07, 6.45) is -0.00271. The molecule has 0 saturated heterocycles. The third kappa shape index (κ3) is 4.56. The predicted octanol–water partition coefficient (Wildman–Crippen LogP) is 2.01. The summed E-state index contributed by atoms with van der Waals surface area (Å²) in [5.74, 6) is -2.00. The van der Waals surface area contributed by atoms with Crippen molar-refractivity contribution in [2.24, 2.45) is 11.7 Å². The normalized spacial score (nSPS) is 13.0. The van der Waals surface area contributed by atoms with Crippen molar-refractivity contribution in [1.29, 1.82) is 0 Å². The third-order valence-corrected chi connectivity index (χ3v) is 3.99. The minimum absolute atomic E-state index is 0.00271. The summed E-state index contributed by atoms with van der Waals surface area (Å²) in [6, 6.07) is 11.9. The Kier molecular flexibility index (Phi) is 6.11. The number of carbonyl (C=O) groups excluding carboxylic acids is 3. The number of primary amides is 1. The quantitative estimate of drug-likeness (QED) is 0.752. The second-order valence-electron chi connectivity index (χ2n) is 5.87. The summed E-state index contributed by atoms with van der Waals surface area (Å²) >= 11 is 0. The Hall–Kier alpha value is -2.89. The maximum absolute atomic E-state index is 12.7. The number of benzene rings is 2. The molecule has 0 heterocycles. The zero-order valence-electron chi connectivity index (χ0n) is 14.3. The molecular weight excluding hydrogens is 320 g/mol. The summed E-state index contributed by atoms with van der Waals surface area (Å²) < 4.78 is 4.89. The van der Waals surface area contributed by atoms with E-state index in [1.54, 1.807) is 26.0 Å². The van der Waals surface area contributed by atoms with Gasteiger partial charge in [-0.25, -0.2) is 0 Å². The van der Waals surface area contributed by atoms with Crippen molar-refractivity contribution >= 4 is 28.6 Å². The smallest absolute Gasteiger partial charge is 0.306 e. The molecule has 0 fully saturated rings. The van der Waals surface area contributed by atoms with Gasteiger partial charge in [0.2, 0.25) is 5.91 Å². The third-order valence-electron chi connectivity index (χ3n) is 3.99. The van der Waals surface area contributed by atoms with E-state index < -0.39 is 29.7 Å². The number of fused-ring (bicyclic) bond motifs is 1. The van der Waals surface area contributed by atoms with Crippen molar-refractivity contribution in [2.45, 2.75) is 26.3 Å². The fourth-order valence-electron chi connectivity index (χ4n) is 2.74. The van der Waals surface area contributed by atoms with Crippen LogP contribution >= 0.6 is 0 Å². The van der Waals surface area contributed by atoms with Gasteiger partial charge in [-0.05, 0) is 29.7 Å². The first-order valence-electron chi connectivity index (χ1n) is 8.17. The summed E-state index contributed by atoms with van der Waals surface area (Å²) in [6.45, 7) is 3.64. The fraction of sp³-hybridized carbons (Fsp3) is 0.316. The van der Waals surface area contributed by atoms with Gasteiger partial charge in [0.1, 0.15) is 6.04 Å². The van der Waals surface area contributed by atoms with Gasteiger partial charge < -0.3 is 15.8 Å². The Bertz CT molecular complexity index is 783. The maximum atomic E-state index is 12.7. The molecule has 132 valence electrons. The SMILES string of the molecule is CCOC(=O)C[C@@H](C)[C@H](NC(=O)c1cccc2ccccc12)C(N)=O. The van der Waals surface area contributed by atoms with E-state index in [0.29, 0.717) is 5.56 Å². The number of carbonyl (C=O) groups is 3. The van der Waals surface area contributed by atoms with E-state index in [9.17, 15) is 14.4 Å². The molecular formula is C19H22N2O4. The van der Waals surface area contributed by atoms with Gasteiger partial charge >= 0.3 is 5.97 Å². The number of ether oxygens (including phenoxy) is 1. The summed E-state index contributed by atoms with van der Waals surface area (Å²) in [7, 11) is 0. The van der Waals surface area contributed by atoms with Gasteiger partial charge in [0.25, 0.3) is 5.91 Å². The molecule has 0 aliphatic carbocycles. The van der Waals surface area contributed by atoms with Crippen LogP contribution in [0.3, 0.4) is 0 Å². The molecule has 0 aliphatic rings. The first-order valence-corrected chi connectivity index (χ1v) is 8.17. The molecule has 6 nitrogen and oxygen atoms in total. The average Bonchev–Trinajstić information content (AvgIpc) is 2.58. The Morgan fingerprint density at radius 2 is 1.80 bits per heavy atom. The highest BCUT2D eigenvalue weighted by Gasteiger charge is 2.28. The van der Waals surface area contributed by atoms with Gasteiger partial charge in [-0.1, -0.05) is 43.3 Å². The van der Waals surface area contributed by atoms with Crippen molar-refractivity contribution in [3.05, 3.63) is 48.0 Å². The molecule has 0 unspecified atom stereocenters. The first kappa shape index (κ1) is 18.4. The highest BCUT2D eigenvalue weighted by atomic mass is 16.5. The van der Waals surface area contributed by atoms with Crippen molar-refractivity contribution in [3.8, 4) is 0 Å². The van der Waals surface area contributed by atoms with Gasteiger partial charge in [-0.15, -0.1) is 0 Å². The molecule has 6 heteroatoms. The average molecular weight is 342 g/mol. The molecule has 25 heavy (non-hydrogen) atoms. The van der Waals surface area contributed by atoms with E-state index in [1.807, 2.05) is 30.3 Å². The summed E-state index contributed by atoms with van der Waals surface area (Å²) in [5.41, 5.74) is 5.87. The number of nitrogens with one attached hydrogen (secondary N) is 1. The Morgan fingerprint density at radius 3 is 2.48 bits per heavy atom. The van der Waals surface area contributed by atoms with Crippen molar-refractivity contribution in [2.75, 3.05) is 6.61 Å². The second-order valence-corrected chi connectivity index (χ2v) is 5.87. The monoisotopic (exact) mass is 342 g/mol. The molecule has 0 aliphatic heterocycles.